The van der Waals surface area contributed by atoms with E-state index < -0.39 is 0 Å². The van der Waals surface area contributed by atoms with Crippen LogP contribution in [0.5, 0.6) is 0 Å². The molecule has 1 heterocycles. The molecule has 2 aromatic rings. The fraction of sp³-hybridized carbons (Fsp3) is 0.375. The van der Waals surface area contributed by atoms with Crippen LogP contribution in [-0.4, -0.2) is 9.97 Å². The summed E-state index contributed by atoms with van der Waals surface area (Å²) in [6, 6.07) is 8.61. The maximum absolute atomic E-state index is 5.53. The first kappa shape index (κ1) is 15.3. The number of nitrogens with zero attached hydrogens (tertiary/aromatic N) is 2. The van der Waals surface area contributed by atoms with Crippen molar-refractivity contribution in [2.45, 2.75) is 39.7 Å². The number of nitrogen functional groups attached to an aromatic ring is 1. The average molecular weight is 285 g/mol. The average Bonchev–Trinajstić information content (AvgIpc) is 2.52. The summed E-state index contributed by atoms with van der Waals surface area (Å²) < 4.78 is 0. The van der Waals surface area contributed by atoms with Crippen LogP contribution in [0.3, 0.4) is 0 Å². The third-order valence-electron chi connectivity index (χ3n) is 3.49. The standard InChI is InChI=1S/C16H23N5/c1-4-12-5-7-13(8-6-12)9-18-15-14(11(2)3)16(21-17)20-10-19-15/h5-8,10-11H,4,9,17H2,1-3H3,(H2,18,19,20,21). The number of nitrogens with two attached hydrogens (primary N) is 1. The molecule has 5 heteroatoms. The van der Waals surface area contributed by atoms with Crippen LogP contribution in [0, 0.1) is 0 Å². The summed E-state index contributed by atoms with van der Waals surface area (Å²) >= 11 is 0. The molecule has 0 saturated carbocycles. The van der Waals surface area contributed by atoms with Crippen molar-refractivity contribution in [3.63, 3.8) is 0 Å². The summed E-state index contributed by atoms with van der Waals surface area (Å²) in [5.74, 6) is 7.30. The van der Waals surface area contributed by atoms with Gasteiger partial charge in [0.2, 0.25) is 0 Å². The second-order valence-electron chi connectivity index (χ2n) is 5.31. The van der Waals surface area contributed by atoms with E-state index in [1.165, 1.54) is 17.5 Å². The Balaban J connectivity index is 2.15. The summed E-state index contributed by atoms with van der Waals surface area (Å²) in [5, 5.41) is 3.38. The van der Waals surface area contributed by atoms with Gasteiger partial charge in [-0.3, -0.25) is 0 Å². The highest BCUT2D eigenvalue weighted by Gasteiger charge is 2.14. The Kier molecular flexibility index (Phi) is 5.11. The number of rotatable bonds is 6. The normalized spacial score (nSPS) is 10.7. The predicted molar refractivity (Wildman–Crippen MR) is 87.1 cm³/mol. The van der Waals surface area contributed by atoms with Gasteiger partial charge in [-0.25, -0.2) is 15.8 Å². The van der Waals surface area contributed by atoms with E-state index in [2.05, 4.69) is 65.7 Å². The Morgan fingerprint density at radius 1 is 1.05 bits per heavy atom. The molecule has 0 aliphatic rings. The zero-order valence-corrected chi connectivity index (χ0v) is 12.9. The minimum absolute atomic E-state index is 0.280. The minimum atomic E-state index is 0.280. The number of nitrogens with one attached hydrogen (secondary N) is 2. The van der Waals surface area contributed by atoms with Gasteiger partial charge in [-0.1, -0.05) is 45.0 Å². The van der Waals surface area contributed by atoms with Crippen LogP contribution in [0.1, 0.15) is 43.4 Å². The largest absolute Gasteiger partial charge is 0.366 e. The van der Waals surface area contributed by atoms with Crippen molar-refractivity contribution >= 4 is 11.6 Å². The molecule has 0 amide bonds. The van der Waals surface area contributed by atoms with Gasteiger partial charge in [0.15, 0.2) is 0 Å². The van der Waals surface area contributed by atoms with Crippen LogP contribution in [0.2, 0.25) is 0 Å². The van der Waals surface area contributed by atoms with Crippen molar-refractivity contribution in [2.75, 3.05) is 10.7 Å². The molecule has 21 heavy (non-hydrogen) atoms. The van der Waals surface area contributed by atoms with Gasteiger partial charge in [0.1, 0.15) is 18.0 Å². The lowest BCUT2D eigenvalue weighted by atomic mass is 10.0. The van der Waals surface area contributed by atoms with Crippen LogP contribution in [0.25, 0.3) is 0 Å². The van der Waals surface area contributed by atoms with Gasteiger partial charge in [-0.05, 0) is 23.5 Å². The summed E-state index contributed by atoms with van der Waals surface area (Å²) in [7, 11) is 0. The van der Waals surface area contributed by atoms with Gasteiger partial charge >= 0.3 is 0 Å². The fourth-order valence-electron chi connectivity index (χ4n) is 2.28. The van der Waals surface area contributed by atoms with Gasteiger partial charge < -0.3 is 10.7 Å². The number of hydrazine groups is 1. The highest BCUT2D eigenvalue weighted by molar-refractivity contribution is 5.58. The van der Waals surface area contributed by atoms with Crippen LogP contribution in [0.4, 0.5) is 11.6 Å². The first-order valence-electron chi connectivity index (χ1n) is 7.28. The minimum Gasteiger partial charge on any atom is -0.366 e. The second kappa shape index (κ2) is 7.04. The number of benzene rings is 1. The highest BCUT2D eigenvalue weighted by atomic mass is 15.3. The number of aryl methyl sites for hydroxylation is 1. The molecule has 5 nitrogen and oxygen atoms in total. The van der Waals surface area contributed by atoms with Crippen LogP contribution >= 0.6 is 0 Å². The first-order valence-corrected chi connectivity index (χ1v) is 7.28. The Bertz CT molecular complexity index is 578. The monoisotopic (exact) mass is 285 g/mol. The smallest absolute Gasteiger partial charge is 0.148 e. The van der Waals surface area contributed by atoms with E-state index >= 15 is 0 Å². The molecule has 0 aliphatic carbocycles. The van der Waals surface area contributed by atoms with Crippen molar-refractivity contribution < 1.29 is 0 Å². The topological polar surface area (TPSA) is 75.9 Å². The van der Waals surface area contributed by atoms with Crippen molar-refractivity contribution in [1.82, 2.24) is 9.97 Å². The van der Waals surface area contributed by atoms with E-state index in [1.807, 2.05) is 0 Å². The zero-order chi connectivity index (χ0) is 15.2. The van der Waals surface area contributed by atoms with Gasteiger partial charge in [-0.15, -0.1) is 0 Å². The molecule has 0 bridgehead atoms. The molecule has 1 aromatic carbocycles. The summed E-state index contributed by atoms with van der Waals surface area (Å²) in [4.78, 5) is 8.51. The Labute approximate surface area is 126 Å². The Morgan fingerprint density at radius 2 is 1.67 bits per heavy atom. The number of aromatic nitrogens is 2. The molecule has 0 saturated heterocycles. The highest BCUT2D eigenvalue weighted by Crippen LogP contribution is 2.27. The lowest BCUT2D eigenvalue weighted by Crippen LogP contribution is -2.15. The second-order valence-corrected chi connectivity index (χ2v) is 5.31. The third-order valence-corrected chi connectivity index (χ3v) is 3.49. The maximum atomic E-state index is 5.53. The first-order chi connectivity index (χ1) is 10.2. The molecule has 2 rings (SSSR count). The number of hydrogen-bond acceptors (Lipinski definition) is 5. The van der Waals surface area contributed by atoms with Crippen LogP contribution in [0.15, 0.2) is 30.6 Å². The lowest BCUT2D eigenvalue weighted by Gasteiger charge is -2.16. The van der Waals surface area contributed by atoms with Crippen LogP contribution < -0.4 is 16.6 Å². The predicted octanol–water partition coefficient (Wildman–Crippen LogP) is 3.06. The van der Waals surface area contributed by atoms with E-state index in [0.717, 1.165) is 24.3 Å². The molecule has 112 valence electrons. The van der Waals surface area contributed by atoms with Crippen LogP contribution in [-0.2, 0) is 13.0 Å². The molecule has 0 unspecified atom stereocenters. The van der Waals surface area contributed by atoms with E-state index in [-0.39, 0.29) is 5.92 Å². The van der Waals surface area contributed by atoms with Crippen molar-refractivity contribution in [3.8, 4) is 0 Å². The van der Waals surface area contributed by atoms with E-state index in [0.29, 0.717) is 5.82 Å². The molecule has 1 aromatic heterocycles. The summed E-state index contributed by atoms with van der Waals surface area (Å²) in [6.07, 6.45) is 2.58. The lowest BCUT2D eigenvalue weighted by molar-refractivity contribution is 0.845. The Morgan fingerprint density at radius 3 is 2.24 bits per heavy atom. The number of hydrogen-bond donors (Lipinski definition) is 3. The van der Waals surface area contributed by atoms with Crippen molar-refractivity contribution in [1.29, 1.82) is 0 Å². The molecule has 0 spiro atoms. The molecule has 4 N–H and O–H groups in total. The maximum Gasteiger partial charge on any atom is 0.148 e. The van der Waals surface area contributed by atoms with Gasteiger partial charge in [0.05, 0.1) is 0 Å². The van der Waals surface area contributed by atoms with E-state index in [1.54, 1.807) is 0 Å². The van der Waals surface area contributed by atoms with Crippen molar-refractivity contribution in [2.24, 2.45) is 5.84 Å². The fourth-order valence-corrected chi connectivity index (χ4v) is 2.28. The SMILES string of the molecule is CCc1ccc(CNc2ncnc(NN)c2C(C)C)cc1. The van der Waals surface area contributed by atoms with Gasteiger partial charge in [0.25, 0.3) is 0 Å². The van der Waals surface area contributed by atoms with E-state index in [9.17, 15) is 0 Å². The molecule has 0 fully saturated rings. The quantitative estimate of drug-likeness (QED) is 0.562. The molecular weight excluding hydrogens is 262 g/mol. The molecule has 0 atom stereocenters. The summed E-state index contributed by atoms with van der Waals surface area (Å²) in [5.41, 5.74) is 6.21. The third kappa shape index (κ3) is 3.70. The molecular formula is C16H23N5. The molecule has 0 radical (unpaired) electrons. The van der Waals surface area contributed by atoms with Gasteiger partial charge in [-0.2, -0.15) is 0 Å². The van der Waals surface area contributed by atoms with E-state index in [4.69, 9.17) is 5.84 Å². The number of anilines is 2. The molecule has 0 aliphatic heterocycles. The summed E-state index contributed by atoms with van der Waals surface area (Å²) in [6.45, 7) is 7.08. The van der Waals surface area contributed by atoms with Gasteiger partial charge in [0, 0.05) is 12.1 Å². The Hall–Kier alpha value is -2.14. The zero-order valence-electron chi connectivity index (χ0n) is 12.9. The van der Waals surface area contributed by atoms with Crippen molar-refractivity contribution in [3.05, 3.63) is 47.3 Å².